The summed E-state index contributed by atoms with van der Waals surface area (Å²) in [6.45, 7) is 6.92. The third kappa shape index (κ3) is 182. The molecule has 0 fully saturated rings. The number of rotatable bonds is 19. The number of aliphatic carboxylic acids is 1. The fourth-order valence-electron chi connectivity index (χ4n) is 2.32. The lowest BCUT2D eigenvalue weighted by molar-refractivity contribution is -0.171. The van der Waals surface area contributed by atoms with Gasteiger partial charge in [0.2, 0.25) is 26.3 Å². The second-order valence-electron chi connectivity index (χ2n) is 9.79. The summed E-state index contributed by atoms with van der Waals surface area (Å²) < 4.78 is 30.9. The molecule has 24 nitrogen and oxygen atoms in total. The number of ketones is 3. The number of carboxylic acids is 1. The highest BCUT2D eigenvalue weighted by Gasteiger charge is 2.13. The van der Waals surface area contributed by atoms with E-state index in [9.17, 15) is 52.7 Å². The van der Waals surface area contributed by atoms with Crippen LogP contribution in [0.2, 0.25) is 0 Å². The number of carbonyl (C=O) groups is 11. The Hall–Kier alpha value is -5.88. The van der Waals surface area contributed by atoms with Crippen LogP contribution in [0, 0.1) is 0 Å². The second kappa shape index (κ2) is 129. The summed E-state index contributed by atoms with van der Waals surface area (Å²) >= 11 is 0. The van der Waals surface area contributed by atoms with Gasteiger partial charge in [-0.05, 0) is 20.8 Å². The van der Waals surface area contributed by atoms with E-state index in [1.165, 1.54) is 27.7 Å². The molecule has 0 saturated heterocycles. The van der Waals surface area contributed by atoms with E-state index < -0.39 is 93.8 Å². The number of carboxylic acid groups (broad SMARTS) is 1. The molecular formula is C55H145N3O21. The Morgan fingerprint density at radius 1 is 0.456 bits per heavy atom. The molecule has 24 heteroatoms. The number of aliphatic imine (C=N–C) groups is 1. The summed E-state index contributed by atoms with van der Waals surface area (Å²) in [5, 5.41) is 26.6. The van der Waals surface area contributed by atoms with E-state index in [0.717, 1.165) is 19.0 Å². The fourth-order valence-corrected chi connectivity index (χ4v) is 2.32. The van der Waals surface area contributed by atoms with Gasteiger partial charge in [-0.2, -0.15) is 0 Å². The molecule has 0 atom stereocenters. The summed E-state index contributed by atoms with van der Waals surface area (Å²) in [7, 11) is 0. The third-order valence-corrected chi connectivity index (χ3v) is 4.44. The minimum atomic E-state index is -1.34. The van der Waals surface area contributed by atoms with Gasteiger partial charge in [0.05, 0.1) is 19.8 Å². The van der Waals surface area contributed by atoms with Crippen molar-refractivity contribution >= 4 is 70.9 Å². The average Bonchev–Trinajstić information content (AvgIpc) is 3.54. The van der Waals surface area contributed by atoms with Gasteiger partial charge in [-0.3, -0.25) is 57.7 Å². The van der Waals surface area contributed by atoms with E-state index in [2.05, 4.69) is 38.7 Å². The maximum atomic E-state index is 11.0. The highest BCUT2D eigenvalue weighted by Crippen LogP contribution is 1.94. The minimum absolute atomic E-state index is 0. The standard InChI is InChI=1S/C10H15NO7.C8H10O7.C7H10O5.C4H7NO.C2H7NO.24CH4/c1-7(13)4-9(15)17-6-18-10(16)5-8(14)11-2-3-12;1-5(9)2-7(12)14-4-15-8(13)3-6(10)11;1-5(8)3-7(10)12-4-11-6(2)9;1-4-5-2-3-6-4;3-1-2-4;;;;;;;;;;;;;;;;;;;;;;;;/h12H,2-6H2,1H3,(H,11,14);2-4H2,1H3,(H,10,11);3-4H2,1-2H3;2-3H2,1H3;4H,1-3H2;24*1H4. The number of aliphatic hydroxyl groups is 2. The van der Waals surface area contributed by atoms with Gasteiger partial charge in [0, 0.05) is 26.9 Å². The number of hydrogen-bond donors (Lipinski definition) is 5. The number of nitrogens with zero attached hydrogens (tertiary/aromatic N) is 1. The van der Waals surface area contributed by atoms with Crippen LogP contribution in [-0.4, -0.2) is 146 Å². The number of ether oxygens (including phenoxy) is 7. The Balaban J connectivity index is -0.0000000154. The van der Waals surface area contributed by atoms with E-state index in [-0.39, 0.29) is 222 Å². The summed E-state index contributed by atoms with van der Waals surface area (Å²) in [6.07, 6.45) is -2.43. The lowest BCUT2D eigenvalue weighted by Crippen LogP contribution is -2.29. The number of aliphatic hydroxyl groups excluding tert-OH is 2. The predicted octanol–water partition coefficient (Wildman–Crippen LogP) is 12.7. The van der Waals surface area contributed by atoms with Crippen LogP contribution >= 0.6 is 0 Å². The number of nitrogens with one attached hydrogen (secondary N) is 1. The highest BCUT2D eigenvalue weighted by atomic mass is 16.7. The largest absolute Gasteiger partial charge is 0.481 e. The lowest BCUT2D eigenvalue weighted by Gasteiger charge is -2.05. The summed E-state index contributed by atoms with van der Waals surface area (Å²) in [6, 6.07) is 0. The first-order chi connectivity index (χ1) is 25.7. The molecule has 1 amide bonds. The van der Waals surface area contributed by atoms with Gasteiger partial charge >= 0.3 is 41.8 Å². The normalized spacial score (nSPS) is 7.11. The third-order valence-electron chi connectivity index (χ3n) is 4.44. The molecule has 1 rings (SSSR count). The van der Waals surface area contributed by atoms with Crippen molar-refractivity contribution in [3.63, 3.8) is 0 Å². The fraction of sp³-hybridized carbons (Fsp3) is 0.782. The monoisotopic (exact) mass is 1180 g/mol. The maximum absolute atomic E-state index is 11.0. The van der Waals surface area contributed by atoms with Crippen LogP contribution in [0.4, 0.5) is 0 Å². The number of nitrogens with two attached hydrogens (primary N) is 1. The van der Waals surface area contributed by atoms with Crippen LogP contribution in [0.1, 0.15) is 245 Å². The van der Waals surface area contributed by atoms with Crippen LogP contribution in [-0.2, 0) is 85.9 Å². The van der Waals surface area contributed by atoms with E-state index >= 15 is 0 Å². The van der Waals surface area contributed by atoms with Gasteiger partial charge in [0.15, 0.2) is 5.90 Å². The molecule has 0 aliphatic carbocycles. The van der Waals surface area contributed by atoms with E-state index in [1.807, 2.05) is 6.92 Å². The first-order valence-electron chi connectivity index (χ1n) is 15.6. The van der Waals surface area contributed by atoms with Crippen molar-refractivity contribution in [3.8, 4) is 0 Å². The molecule has 6 N–H and O–H groups in total. The van der Waals surface area contributed by atoms with Gasteiger partial charge in [-0.25, -0.2) is 0 Å². The average molecular weight is 1180 g/mol. The zero-order valence-corrected chi connectivity index (χ0v) is 31.1. The Bertz CT molecular complexity index is 1270. The molecular weight excluding hydrogens is 1040 g/mol. The van der Waals surface area contributed by atoms with Crippen molar-refractivity contribution in [1.29, 1.82) is 0 Å². The predicted molar refractivity (Wildman–Crippen MR) is 341 cm³/mol. The quantitative estimate of drug-likeness (QED) is 0.0347. The van der Waals surface area contributed by atoms with Crippen molar-refractivity contribution in [3.05, 3.63) is 0 Å². The molecule has 0 aromatic carbocycles. The van der Waals surface area contributed by atoms with Gasteiger partial charge < -0.3 is 59.5 Å². The SMILES string of the molecule is C.C.C.C.C.C.C.C.C.C.C.C.C.C.C.C.C.C.C.C.C.C.C.C.CC(=O)CC(=O)OCOC(=O)CC(=O)NCCO.CC(=O)CC(=O)OCOC(=O)CC(=O)O.CC(=O)CC(=O)OCOC(C)=O.CC1=NCCO1.NCCO. The Morgan fingerprint density at radius 2 is 0.709 bits per heavy atom. The molecule has 1 aliphatic rings. The molecule has 0 aromatic heterocycles. The van der Waals surface area contributed by atoms with Crippen LogP contribution in [0.5, 0.6) is 0 Å². The summed E-state index contributed by atoms with van der Waals surface area (Å²) in [5.41, 5.74) is 4.78. The van der Waals surface area contributed by atoms with Crippen molar-refractivity contribution < 1.29 is 101 Å². The first kappa shape index (κ1) is 187. The highest BCUT2D eigenvalue weighted by molar-refractivity contribution is 5.96. The van der Waals surface area contributed by atoms with E-state index in [1.54, 1.807) is 0 Å². The number of hydrogen-bond acceptors (Lipinski definition) is 22. The summed E-state index contributed by atoms with van der Waals surface area (Å²) in [4.78, 5) is 120. The Morgan fingerprint density at radius 3 is 0.886 bits per heavy atom. The van der Waals surface area contributed by atoms with Gasteiger partial charge in [-0.15, -0.1) is 0 Å². The molecule has 0 aromatic rings. The number of esters is 6. The first-order valence-corrected chi connectivity index (χ1v) is 15.6. The zero-order valence-electron chi connectivity index (χ0n) is 31.1. The summed E-state index contributed by atoms with van der Waals surface area (Å²) in [5.74, 6) is -6.90. The van der Waals surface area contributed by atoms with Crippen molar-refractivity contribution in [2.45, 2.75) is 245 Å². The molecule has 506 valence electrons. The molecule has 1 aliphatic heterocycles. The van der Waals surface area contributed by atoms with Crippen molar-refractivity contribution in [1.82, 2.24) is 5.32 Å². The Labute approximate surface area is 491 Å². The number of Topliss-reactive ketones (excluding diaryl/α,β-unsaturated/α-hetero) is 3. The van der Waals surface area contributed by atoms with E-state index in [0.29, 0.717) is 6.54 Å². The molecule has 0 spiro atoms. The van der Waals surface area contributed by atoms with Gasteiger partial charge in [0.1, 0.15) is 56.1 Å². The van der Waals surface area contributed by atoms with Crippen molar-refractivity contribution in [2.75, 3.05) is 59.8 Å². The second-order valence-corrected chi connectivity index (χ2v) is 9.79. The van der Waals surface area contributed by atoms with Crippen molar-refractivity contribution in [2.24, 2.45) is 10.7 Å². The van der Waals surface area contributed by atoms with Crippen LogP contribution in [0.15, 0.2) is 4.99 Å². The molecule has 0 unspecified atom stereocenters. The molecule has 0 radical (unpaired) electrons. The lowest BCUT2D eigenvalue weighted by atomic mass is 10.3. The van der Waals surface area contributed by atoms with E-state index in [4.69, 9.17) is 25.8 Å². The zero-order chi connectivity index (χ0) is 43.2. The molecule has 79 heavy (non-hydrogen) atoms. The minimum Gasteiger partial charge on any atom is -0.481 e. The van der Waals surface area contributed by atoms with Crippen LogP contribution in [0.3, 0.4) is 0 Å². The maximum Gasteiger partial charge on any atom is 0.320 e. The van der Waals surface area contributed by atoms with Gasteiger partial charge in [0.25, 0.3) is 0 Å². The molecule has 0 bridgehead atoms. The molecule has 1 heterocycles. The smallest absolute Gasteiger partial charge is 0.320 e. The van der Waals surface area contributed by atoms with Crippen LogP contribution < -0.4 is 11.1 Å². The van der Waals surface area contributed by atoms with Crippen LogP contribution in [0.25, 0.3) is 0 Å². The number of amides is 1. The molecule has 0 saturated carbocycles. The number of carbonyl (C=O) groups excluding carboxylic acids is 10. The van der Waals surface area contributed by atoms with Gasteiger partial charge in [-0.1, -0.05) is 178 Å². The Kier molecular flexibility index (Phi) is 306. The topological polar surface area (TPSA) is 363 Å².